The second-order valence-corrected chi connectivity index (χ2v) is 4.95. The van der Waals surface area contributed by atoms with Crippen LogP contribution >= 0.6 is 11.8 Å². The van der Waals surface area contributed by atoms with E-state index in [9.17, 15) is 4.79 Å². The summed E-state index contributed by atoms with van der Waals surface area (Å²) in [7, 11) is 1.73. The lowest BCUT2D eigenvalue weighted by atomic mass is 10.2. The largest absolute Gasteiger partial charge is 0.290 e. The number of thioether (sulfide) groups is 1. The Morgan fingerprint density at radius 1 is 1.44 bits per heavy atom. The van der Waals surface area contributed by atoms with Crippen LogP contribution in [0.2, 0.25) is 0 Å². The Bertz CT molecular complexity index is 657. The van der Waals surface area contributed by atoms with E-state index in [0.29, 0.717) is 17.0 Å². The first-order valence-electron chi connectivity index (χ1n) is 5.69. The third kappa shape index (κ3) is 2.54. The normalized spacial score (nSPS) is 10.4. The third-order valence-electron chi connectivity index (χ3n) is 2.61. The van der Waals surface area contributed by atoms with Crippen LogP contribution in [0.3, 0.4) is 0 Å². The van der Waals surface area contributed by atoms with Crippen molar-refractivity contribution in [2.75, 3.05) is 5.75 Å². The summed E-state index contributed by atoms with van der Waals surface area (Å²) in [5.74, 6) is 0.798. The Kier molecular flexibility index (Phi) is 4.00. The standard InChI is InChI=1S/C13H13N3OS/c1-16-12(17)10-6-2-3-7-11(10)15-13(16)18-9-5-4-8-14/h2-3,6-7H,4-5,9H2,1H3. The Morgan fingerprint density at radius 2 is 2.22 bits per heavy atom. The van der Waals surface area contributed by atoms with Gasteiger partial charge in [0.05, 0.1) is 17.0 Å². The molecule has 5 heteroatoms. The van der Waals surface area contributed by atoms with E-state index in [0.717, 1.165) is 17.7 Å². The molecule has 2 rings (SSSR count). The summed E-state index contributed by atoms with van der Waals surface area (Å²) in [5, 5.41) is 9.82. The fourth-order valence-electron chi connectivity index (χ4n) is 1.64. The molecule has 2 aromatic rings. The van der Waals surface area contributed by atoms with Gasteiger partial charge in [0, 0.05) is 19.2 Å². The zero-order chi connectivity index (χ0) is 13.0. The van der Waals surface area contributed by atoms with Gasteiger partial charge in [-0.15, -0.1) is 0 Å². The Balaban J connectivity index is 2.31. The molecule has 4 nitrogen and oxygen atoms in total. The van der Waals surface area contributed by atoms with Crippen LogP contribution in [0.1, 0.15) is 12.8 Å². The lowest BCUT2D eigenvalue weighted by Crippen LogP contribution is -2.20. The van der Waals surface area contributed by atoms with Gasteiger partial charge < -0.3 is 0 Å². The van der Waals surface area contributed by atoms with Gasteiger partial charge in [-0.25, -0.2) is 4.98 Å². The molecule has 1 heterocycles. The molecular formula is C13H13N3OS. The predicted octanol–water partition coefficient (Wildman–Crippen LogP) is 2.33. The molecule has 0 saturated heterocycles. The number of unbranched alkanes of at least 4 members (excludes halogenated alkanes) is 1. The van der Waals surface area contributed by atoms with Gasteiger partial charge in [-0.3, -0.25) is 9.36 Å². The molecule has 0 aliphatic rings. The van der Waals surface area contributed by atoms with Gasteiger partial charge in [0.15, 0.2) is 5.16 Å². The molecule has 18 heavy (non-hydrogen) atoms. The quantitative estimate of drug-likeness (QED) is 0.480. The molecule has 0 radical (unpaired) electrons. The molecule has 0 aliphatic carbocycles. The maximum atomic E-state index is 12.1. The first kappa shape index (κ1) is 12.7. The number of rotatable bonds is 4. The van der Waals surface area contributed by atoms with Gasteiger partial charge >= 0.3 is 0 Å². The number of fused-ring (bicyclic) bond motifs is 1. The molecular weight excluding hydrogens is 246 g/mol. The number of hydrogen-bond donors (Lipinski definition) is 0. The third-order valence-corrected chi connectivity index (χ3v) is 3.72. The van der Waals surface area contributed by atoms with Gasteiger partial charge in [0.2, 0.25) is 0 Å². The van der Waals surface area contributed by atoms with E-state index >= 15 is 0 Å². The van der Waals surface area contributed by atoms with Crippen molar-refractivity contribution >= 4 is 22.7 Å². The highest BCUT2D eigenvalue weighted by Crippen LogP contribution is 2.17. The number of nitriles is 1. The highest BCUT2D eigenvalue weighted by atomic mass is 32.2. The zero-order valence-corrected chi connectivity index (χ0v) is 10.9. The lowest BCUT2D eigenvalue weighted by Gasteiger charge is -2.07. The lowest BCUT2D eigenvalue weighted by molar-refractivity contribution is 0.725. The van der Waals surface area contributed by atoms with Crippen LogP contribution in [0.4, 0.5) is 0 Å². The van der Waals surface area contributed by atoms with Gasteiger partial charge in [-0.2, -0.15) is 5.26 Å². The summed E-state index contributed by atoms with van der Waals surface area (Å²) in [4.78, 5) is 16.6. The smallest absolute Gasteiger partial charge is 0.261 e. The average Bonchev–Trinajstić information content (AvgIpc) is 2.40. The Hall–Kier alpha value is -1.80. The molecule has 1 aromatic carbocycles. The minimum Gasteiger partial charge on any atom is -0.290 e. The SMILES string of the molecule is Cn1c(SCCCC#N)nc2ccccc2c1=O. The summed E-state index contributed by atoms with van der Waals surface area (Å²) in [6, 6.07) is 9.45. The minimum atomic E-state index is -0.0246. The highest BCUT2D eigenvalue weighted by molar-refractivity contribution is 7.99. The fraction of sp³-hybridized carbons (Fsp3) is 0.308. The number of hydrogen-bond acceptors (Lipinski definition) is 4. The number of nitrogens with zero attached hydrogens (tertiary/aromatic N) is 3. The molecule has 0 saturated carbocycles. The molecule has 0 unspecified atom stereocenters. The van der Waals surface area contributed by atoms with Crippen molar-refractivity contribution in [2.45, 2.75) is 18.0 Å². The van der Waals surface area contributed by atoms with Crippen LogP contribution in [0.5, 0.6) is 0 Å². The van der Waals surface area contributed by atoms with Crippen molar-refractivity contribution in [3.8, 4) is 6.07 Å². The molecule has 0 atom stereocenters. The summed E-state index contributed by atoms with van der Waals surface area (Å²) in [5.41, 5.74) is 0.701. The monoisotopic (exact) mass is 259 g/mol. The van der Waals surface area contributed by atoms with Crippen molar-refractivity contribution in [1.29, 1.82) is 5.26 Å². The second kappa shape index (κ2) is 5.69. The van der Waals surface area contributed by atoms with E-state index in [1.807, 2.05) is 18.2 Å². The Morgan fingerprint density at radius 3 is 3.00 bits per heavy atom. The maximum absolute atomic E-state index is 12.1. The average molecular weight is 259 g/mol. The summed E-state index contributed by atoms with van der Waals surface area (Å²) < 4.78 is 1.57. The van der Waals surface area contributed by atoms with Crippen molar-refractivity contribution < 1.29 is 0 Å². The van der Waals surface area contributed by atoms with Gasteiger partial charge in [0.1, 0.15) is 0 Å². The topological polar surface area (TPSA) is 58.7 Å². The van der Waals surface area contributed by atoms with Crippen LogP contribution in [0.25, 0.3) is 10.9 Å². The van der Waals surface area contributed by atoms with Crippen LogP contribution in [0, 0.1) is 11.3 Å². The van der Waals surface area contributed by atoms with Crippen molar-refractivity contribution in [2.24, 2.45) is 7.05 Å². The number of para-hydroxylation sites is 1. The van der Waals surface area contributed by atoms with E-state index in [1.54, 1.807) is 17.7 Å². The van der Waals surface area contributed by atoms with Crippen LogP contribution in [-0.2, 0) is 7.05 Å². The van der Waals surface area contributed by atoms with Crippen molar-refractivity contribution in [1.82, 2.24) is 9.55 Å². The van der Waals surface area contributed by atoms with Gasteiger partial charge in [0.25, 0.3) is 5.56 Å². The maximum Gasteiger partial charge on any atom is 0.261 e. The van der Waals surface area contributed by atoms with Crippen LogP contribution < -0.4 is 5.56 Å². The first-order valence-corrected chi connectivity index (χ1v) is 6.68. The molecule has 1 aromatic heterocycles. The highest BCUT2D eigenvalue weighted by Gasteiger charge is 2.07. The molecule has 0 N–H and O–H groups in total. The number of benzene rings is 1. The van der Waals surface area contributed by atoms with E-state index in [4.69, 9.17) is 5.26 Å². The van der Waals surface area contributed by atoms with E-state index in [2.05, 4.69) is 11.1 Å². The Labute approximate surface area is 109 Å². The van der Waals surface area contributed by atoms with E-state index in [1.165, 1.54) is 11.8 Å². The van der Waals surface area contributed by atoms with E-state index < -0.39 is 0 Å². The van der Waals surface area contributed by atoms with Crippen molar-refractivity contribution in [3.05, 3.63) is 34.6 Å². The minimum absolute atomic E-state index is 0.0246. The van der Waals surface area contributed by atoms with Crippen LogP contribution in [0.15, 0.2) is 34.2 Å². The zero-order valence-electron chi connectivity index (χ0n) is 10.1. The molecule has 0 bridgehead atoms. The summed E-state index contributed by atoms with van der Waals surface area (Å²) in [6.07, 6.45) is 1.35. The first-order chi connectivity index (χ1) is 8.74. The molecule has 0 fully saturated rings. The molecule has 0 aliphatic heterocycles. The van der Waals surface area contributed by atoms with Crippen LogP contribution in [-0.4, -0.2) is 15.3 Å². The van der Waals surface area contributed by atoms with E-state index in [-0.39, 0.29) is 5.56 Å². The second-order valence-electron chi connectivity index (χ2n) is 3.89. The predicted molar refractivity (Wildman–Crippen MR) is 72.6 cm³/mol. The molecule has 92 valence electrons. The van der Waals surface area contributed by atoms with Gasteiger partial charge in [-0.05, 0) is 18.6 Å². The summed E-state index contributed by atoms with van der Waals surface area (Å²) >= 11 is 1.52. The summed E-state index contributed by atoms with van der Waals surface area (Å²) in [6.45, 7) is 0. The fourth-order valence-corrected chi connectivity index (χ4v) is 2.55. The van der Waals surface area contributed by atoms with Gasteiger partial charge in [-0.1, -0.05) is 23.9 Å². The molecule has 0 spiro atoms. The number of aromatic nitrogens is 2. The van der Waals surface area contributed by atoms with Crippen molar-refractivity contribution in [3.63, 3.8) is 0 Å². The molecule has 0 amide bonds.